The van der Waals surface area contributed by atoms with Gasteiger partial charge in [-0.3, -0.25) is 4.79 Å². The fraction of sp³-hybridized carbons (Fsp3) is 0.409. The minimum atomic E-state index is -8.05. The van der Waals surface area contributed by atoms with Crippen LogP contribution < -0.4 is 4.74 Å². The average molecular weight is 574 g/mol. The van der Waals surface area contributed by atoms with Crippen molar-refractivity contribution >= 4 is 5.97 Å². The van der Waals surface area contributed by atoms with E-state index in [1.807, 2.05) is 0 Å². The molecule has 0 aromatic heterocycles. The van der Waals surface area contributed by atoms with E-state index in [0.29, 0.717) is 12.1 Å². The van der Waals surface area contributed by atoms with Gasteiger partial charge in [-0.2, -0.15) is 57.1 Å². The standard InChI is InChI=1S/C22H15F13O3/c1-12(36)38-15-9-7-14(8-10-15)16(37,13-5-3-2-4-6-13)11-17(23,24)18(25,26)19(27,28)20(29,30)21(31,32)22(33,34)35/h2-10,37H,11H2,1H3. The summed E-state index contributed by atoms with van der Waals surface area (Å²) in [5.41, 5.74) is -4.95. The molecule has 0 saturated heterocycles. The van der Waals surface area contributed by atoms with Gasteiger partial charge in [-0.15, -0.1) is 0 Å². The van der Waals surface area contributed by atoms with E-state index in [-0.39, 0.29) is 5.75 Å². The number of esters is 1. The van der Waals surface area contributed by atoms with Gasteiger partial charge in [0.25, 0.3) is 0 Å². The second-order valence-electron chi connectivity index (χ2n) is 8.02. The van der Waals surface area contributed by atoms with Crippen molar-refractivity contribution in [3.05, 3.63) is 65.7 Å². The lowest BCUT2D eigenvalue weighted by Gasteiger charge is -2.42. The van der Waals surface area contributed by atoms with E-state index in [2.05, 4.69) is 4.74 Å². The van der Waals surface area contributed by atoms with Gasteiger partial charge in [-0.1, -0.05) is 42.5 Å². The third kappa shape index (κ3) is 5.01. The van der Waals surface area contributed by atoms with Gasteiger partial charge in [0.2, 0.25) is 0 Å². The fourth-order valence-electron chi connectivity index (χ4n) is 3.28. The number of carbonyl (C=O) groups is 1. The van der Waals surface area contributed by atoms with Gasteiger partial charge in [0.1, 0.15) is 11.4 Å². The summed E-state index contributed by atoms with van der Waals surface area (Å²) in [5, 5.41) is 11.0. The van der Waals surface area contributed by atoms with Crippen LogP contribution in [0, 0.1) is 0 Å². The smallest absolute Gasteiger partial charge is 0.427 e. The summed E-state index contributed by atoms with van der Waals surface area (Å²) in [6.45, 7) is 0.953. The van der Waals surface area contributed by atoms with Crippen molar-refractivity contribution in [2.45, 2.75) is 54.7 Å². The molecule has 1 unspecified atom stereocenters. The van der Waals surface area contributed by atoms with Crippen LogP contribution in [-0.2, 0) is 10.4 Å². The van der Waals surface area contributed by atoms with Gasteiger partial charge >= 0.3 is 41.8 Å². The highest BCUT2D eigenvalue weighted by Crippen LogP contribution is 2.61. The van der Waals surface area contributed by atoms with Crippen LogP contribution in [0.5, 0.6) is 5.75 Å². The van der Waals surface area contributed by atoms with Crippen molar-refractivity contribution in [1.29, 1.82) is 0 Å². The van der Waals surface area contributed by atoms with Gasteiger partial charge < -0.3 is 9.84 Å². The molecule has 2 rings (SSSR count). The zero-order chi connectivity index (χ0) is 29.6. The predicted octanol–water partition coefficient (Wildman–Crippen LogP) is 6.98. The molecule has 0 radical (unpaired) electrons. The lowest BCUT2D eigenvalue weighted by molar-refractivity contribution is -0.441. The van der Waals surface area contributed by atoms with Gasteiger partial charge in [0.15, 0.2) is 0 Å². The molecule has 0 spiro atoms. The van der Waals surface area contributed by atoms with Crippen LogP contribution >= 0.6 is 0 Å². The molecule has 38 heavy (non-hydrogen) atoms. The van der Waals surface area contributed by atoms with Crippen molar-refractivity contribution in [3.8, 4) is 5.75 Å². The van der Waals surface area contributed by atoms with E-state index in [4.69, 9.17) is 0 Å². The maximum Gasteiger partial charge on any atom is 0.460 e. The Labute approximate surface area is 204 Å². The first-order valence-corrected chi connectivity index (χ1v) is 9.98. The lowest BCUT2D eigenvalue weighted by Crippen LogP contribution is -2.70. The average Bonchev–Trinajstić information content (AvgIpc) is 2.78. The zero-order valence-electron chi connectivity index (χ0n) is 18.6. The number of halogens is 13. The predicted molar refractivity (Wildman–Crippen MR) is 103 cm³/mol. The van der Waals surface area contributed by atoms with Crippen LogP contribution in [0.2, 0.25) is 0 Å². The van der Waals surface area contributed by atoms with Crippen molar-refractivity contribution in [1.82, 2.24) is 0 Å². The highest BCUT2D eigenvalue weighted by molar-refractivity contribution is 5.69. The van der Waals surface area contributed by atoms with E-state index >= 15 is 0 Å². The van der Waals surface area contributed by atoms with Crippen molar-refractivity contribution < 1.29 is 71.7 Å². The Balaban J connectivity index is 2.65. The Bertz CT molecular complexity index is 1130. The van der Waals surface area contributed by atoms with Crippen LogP contribution in [-0.4, -0.2) is 46.9 Å². The minimum absolute atomic E-state index is 0.269. The molecule has 3 nitrogen and oxygen atoms in total. The topological polar surface area (TPSA) is 46.5 Å². The molecule has 2 aromatic carbocycles. The van der Waals surface area contributed by atoms with E-state index < -0.39 is 64.9 Å². The maximum absolute atomic E-state index is 14.7. The summed E-state index contributed by atoms with van der Waals surface area (Å²) in [7, 11) is 0. The first kappa shape index (κ1) is 31.2. The first-order chi connectivity index (χ1) is 17.0. The molecule has 0 heterocycles. The van der Waals surface area contributed by atoms with E-state index in [9.17, 15) is 67.0 Å². The molecule has 16 heteroatoms. The number of aliphatic hydroxyl groups is 1. The summed E-state index contributed by atoms with van der Waals surface area (Å²) in [5.74, 6) is -39.2. The quantitative estimate of drug-likeness (QED) is 0.200. The third-order valence-electron chi connectivity index (χ3n) is 5.32. The summed E-state index contributed by atoms with van der Waals surface area (Å²) < 4.78 is 181. The SMILES string of the molecule is CC(=O)Oc1ccc(C(O)(CC(F)(F)C(F)(F)C(F)(F)C(F)(F)C(F)(F)C(F)(F)F)c2ccccc2)cc1. The molecule has 0 aliphatic heterocycles. The Morgan fingerprint density at radius 1 is 0.658 bits per heavy atom. The van der Waals surface area contributed by atoms with Gasteiger partial charge in [0, 0.05) is 6.92 Å². The normalized spacial score (nSPS) is 15.7. The molecule has 1 N–H and O–H groups in total. The van der Waals surface area contributed by atoms with Crippen molar-refractivity contribution in [2.24, 2.45) is 0 Å². The van der Waals surface area contributed by atoms with Crippen LogP contribution in [0.4, 0.5) is 57.1 Å². The van der Waals surface area contributed by atoms with Gasteiger partial charge in [-0.05, 0) is 23.3 Å². The molecule has 0 aliphatic rings. The van der Waals surface area contributed by atoms with E-state index in [0.717, 1.165) is 43.3 Å². The lowest BCUT2D eigenvalue weighted by atomic mass is 9.79. The molecule has 0 aliphatic carbocycles. The van der Waals surface area contributed by atoms with Crippen molar-refractivity contribution in [2.75, 3.05) is 0 Å². The highest BCUT2D eigenvalue weighted by atomic mass is 19.4. The Kier molecular flexibility index (Phi) is 7.89. The summed E-state index contributed by atoms with van der Waals surface area (Å²) >= 11 is 0. The molecule has 2 aromatic rings. The largest absolute Gasteiger partial charge is 0.460 e. The number of hydrogen-bond donors (Lipinski definition) is 1. The molecular weight excluding hydrogens is 559 g/mol. The van der Waals surface area contributed by atoms with Crippen LogP contribution in [0.25, 0.3) is 0 Å². The molecule has 0 fully saturated rings. The maximum atomic E-state index is 14.7. The Morgan fingerprint density at radius 3 is 1.50 bits per heavy atom. The van der Waals surface area contributed by atoms with E-state index in [1.165, 1.54) is 6.07 Å². The molecule has 1 atom stereocenters. The van der Waals surface area contributed by atoms with E-state index in [1.54, 1.807) is 0 Å². The third-order valence-corrected chi connectivity index (χ3v) is 5.32. The molecule has 0 bridgehead atoms. The van der Waals surface area contributed by atoms with Crippen LogP contribution in [0.1, 0.15) is 24.5 Å². The number of hydrogen-bond acceptors (Lipinski definition) is 3. The number of carbonyl (C=O) groups excluding carboxylic acids is 1. The molecule has 212 valence electrons. The molecular formula is C22H15F13O3. The second-order valence-corrected chi connectivity index (χ2v) is 8.02. The highest BCUT2D eigenvalue weighted by Gasteiger charge is 2.90. The fourth-order valence-corrected chi connectivity index (χ4v) is 3.28. The number of alkyl halides is 13. The van der Waals surface area contributed by atoms with Gasteiger partial charge in [-0.25, -0.2) is 0 Å². The van der Waals surface area contributed by atoms with Crippen molar-refractivity contribution in [3.63, 3.8) is 0 Å². The van der Waals surface area contributed by atoms with Crippen LogP contribution in [0.15, 0.2) is 54.6 Å². The Morgan fingerprint density at radius 2 is 1.08 bits per heavy atom. The van der Waals surface area contributed by atoms with Gasteiger partial charge in [0.05, 0.1) is 6.42 Å². The zero-order valence-corrected chi connectivity index (χ0v) is 18.6. The number of rotatable bonds is 9. The first-order valence-electron chi connectivity index (χ1n) is 9.98. The number of ether oxygens (including phenoxy) is 1. The molecule has 0 amide bonds. The summed E-state index contributed by atoms with van der Waals surface area (Å²) in [4.78, 5) is 11.0. The summed E-state index contributed by atoms with van der Waals surface area (Å²) in [6.07, 6.45) is -10.4. The second kappa shape index (κ2) is 9.61. The van der Waals surface area contributed by atoms with Crippen LogP contribution in [0.3, 0.4) is 0 Å². The monoisotopic (exact) mass is 574 g/mol. The minimum Gasteiger partial charge on any atom is -0.427 e. The molecule has 0 saturated carbocycles. The summed E-state index contributed by atoms with van der Waals surface area (Å²) in [6, 6.07) is 8.05. The Hall–Kier alpha value is -3.04. The number of benzene rings is 2.